The first-order valence-corrected chi connectivity index (χ1v) is 10.4. The van der Waals surface area contributed by atoms with E-state index in [1.165, 1.54) is 4.90 Å². The molecule has 0 radical (unpaired) electrons. The van der Waals surface area contributed by atoms with Gasteiger partial charge in [0.05, 0.1) is 18.9 Å². The summed E-state index contributed by atoms with van der Waals surface area (Å²) < 4.78 is 11.2. The summed E-state index contributed by atoms with van der Waals surface area (Å²) in [6.07, 6.45) is 0.777. The molecule has 2 aliphatic heterocycles. The number of morpholine rings is 1. The molecular weight excluding hydrogens is 386 g/mol. The highest BCUT2D eigenvalue weighted by Gasteiger charge is 2.42. The first-order chi connectivity index (χ1) is 14.0. The molecule has 1 N–H and O–H groups in total. The zero-order valence-electron chi connectivity index (χ0n) is 18.4. The van der Waals surface area contributed by atoms with Gasteiger partial charge in [0.25, 0.3) is 11.8 Å². The number of nitrogens with zero attached hydrogens (tertiary/aromatic N) is 2. The molecule has 1 fully saturated rings. The molecule has 0 aromatic heterocycles. The Morgan fingerprint density at radius 1 is 1.20 bits per heavy atom. The lowest BCUT2D eigenvalue weighted by molar-refractivity contribution is -0.138. The van der Waals surface area contributed by atoms with Crippen LogP contribution in [0.5, 0.6) is 5.75 Å². The largest absolute Gasteiger partial charge is 0.476 e. The van der Waals surface area contributed by atoms with Crippen LogP contribution in [0.25, 0.3) is 0 Å². The monoisotopic (exact) mass is 417 g/mol. The Morgan fingerprint density at radius 3 is 2.50 bits per heavy atom. The van der Waals surface area contributed by atoms with E-state index in [-0.39, 0.29) is 29.8 Å². The first-order valence-electron chi connectivity index (χ1n) is 10.4. The molecule has 0 bridgehead atoms. The van der Waals surface area contributed by atoms with Crippen LogP contribution < -0.4 is 15.0 Å². The molecule has 1 aromatic carbocycles. The first kappa shape index (κ1) is 22.1. The predicted octanol–water partition coefficient (Wildman–Crippen LogP) is 1.97. The molecule has 30 heavy (non-hydrogen) atoms. The summed E-state index contributed by atoms with van der Waals surface area (Å²) in [6.45, 7) is 11.1. The quantitative estimate of drug-likeness (QED) is 0.791. The molecule has 0 unspecified atom stereocenters. The Morgan fingerprint density at radius 2 is 1.87 bits per heavy atom. The maximum Gasteiger partial charge on any atom is 0.271 e. The second kappa shape index (κ2) is 8.26. The lowest BCUT2D eigenvalue weighted by Crippen LogP contribution is -2.56. The lowest BCUT2D eigenvalue weighted by Gasteiger charge is -2.39. The van der Waals surface area contributed by atoms with Crippen molar-refractivity contribution in [3.05, 3.63) is 23.8 Å². The van der Waals surface area contributed by atoms with E-state index in [1.807, 2.05) is 20.8 Å². The van der Waals surface area contributed by atoms with Crippen molar-refractivity contribution in [2.24, 2.45) is 0 Å². The van der Waals surface area contributed by atoms with Gasteiger partial charge in [-0.05, 0) is 52.3 Å². The van der Waals surface area contributed by atoms with Crippen LogP contribution in [0.1, 0.15) is 51.4 Å². The van der Waals surface area contributed by atoms with Gasteiger partial charge >= 0.3 is 0 Å². The van der Waals surface area contributed by atoms with Crippen molar-refractivity contribution in [1.29, 1.82) is 0 Å². The molecule has 2 heterocycles. The predicted molar refractivity (Wildman–Crippen MR) is 113 cm³/mol. The molecule has 0 spiro atoms. The highest BCUT2D eigenvalue weighted by molar-refractivity contribution is 6.07. The summed E-state index contributed by atoms with van der Waals surface area (Å²) in [6, 6.07) is 4.98. The number of rotatable bonds is 5. The van der Waals surface area contributed by atoms with Gasteiger partial charge in [-0.2, -0.15) is 0 Å². The molecule has 2 aliphatic rings. The number of hydrogen-bond donors (Lipinski definition) is 1. The van der Waals surface area contributed by atoms with E-state index in [1.54, 1.807) is 36.9 Å². The fourth-order valence-electron chi connectivity index (χ4n) is 3.38. The normalized spacial score (nSPS) is 18.5. The van der Waals surface area contributed by atoms with Gasteiger partial charge in [-0.3, -0.25) is 19.3 Å². The average molecular weight is 418 g/mol. The Hall–Kier alpha value is -2.61. The number of nitrogens with one attached hydrogen (secondary N) is 1. The molecule has 0 aliphatic carbocycles. The Kier molecular flexibility index (Phi) is 6.08. The fourth-order valence-corrected chi connectivity index (χ4v) is 3.38. The van der Waals surface area contributed by atoms with Crippen LogP contribution in [0.4, 0.5) is 5.69 Å². The summed E-state index contributed by atoms with van der Waals surface area (Å²) in [5.41, 5.74) is -0.613. The van der Waals surface area contributed by atoms with Crippen LogP contribution in [0, 0.1) is 0 Å². The van der Waals surface area contributed by atoms with E-state index in [4.69, 9.17) is 9.47 Å². The summed E-state index contributed by atoms with van der Waals surface area (Å²) in [4.78, 5) is 41.8. The van der Waals surface area contributed by atoms with E-state index in [9.17, 15) is 14.4 Å². The SMILES string of the molecule is CCC(C)(C)NC(=O)c1ccc2c(c1)N(CC(=O)N1CCOCC1)C(=O)C(C)(C)O2. The Balaban J connectivity index is 1.90. The van der Waals surface area contributed by atoms with E-state index < -0.39 is 5.60 Å². The van der Waals surface area contributed by atoms with E-state index in [0.717, 1.165) is 6.42 Å². The number of fused-ring (bicyclic) bond motifs is 1. The Labute approximate surface area is 177 Å². The molecule has 3 rings (SSSR count). The van der Waals surface area contributed by atoms with Gasteiger partial charge in [-0.1, -0.05) is 6.92 Å². The number of carbonyl (C=O) groups excluding carboxylic acids is 3. The molecule has 8 heteroatoms. The zero-order valence-corrected chi connectivity index (χ0v) is 18.4. The second-order valence-electron chi connectivity index (χ2n) is 8.87. The third kappa shape index (κ3) is 4.59. The summed E-state index contributed by atoms with van der Waals surface area (Å²) >= 11 is 0. The van der Waals surface area contributed by atoms with Crippen LogP contribution in [-0.2, 0) is 14.3 Å². The molecule has 8 nitrogen and oxygen atoms in total. The number of hydrogen-bond acceptors (Lipinski definition) is 5. The third-order valence-corrected chi connectivity index (χ3v) is 5.63. The Bertz CT molecular complexity index is 843. The highest BCUT2D eigenvalue weighted by Crippen LogP contribution is 2.38. The molecule has 0 atom stereocenters. The zero-order chi connectivity index (χ0) is 22.1. The van der Waals surface area contributed by atoms with Gasteiger partial charge in [0.15, 0.2) is 5.60 Å². The molecule has 0 saturated carbocycles. The molecule has 164 valence electrons. The van der Waals surface area contributed by atoms with Crippen molar-refractivity contribution in [3.8, 4) is 5.75 Å². The van der Waals surface area contributed by atoms with Crippen molar-refractivity contribution in [2.45, 2.75) is 52.2 Å². The maximum absolute atomic E-state index is 13.1. The number of carbonyl (C=O) groups is 3. The molecular formula is C22H31N3O5. The minimum absolute atomic E-state index is 0.107. The molecule has 1 saturated heterocycles. The van der Waals surface area contributed by atoms with Crippen LogP contribution >= 0.6 is 0 Å². The summed E-state index contributed by atoms with van der Waals surface area (Å²) in [7, 11) is 0. The second-order valence-corrected chi connectivity index (χ2v) is 8.87. The number of amides is 3. The molecule has 1 aromatic rings. The van der Waals surface area contributed by atoms with Gasteiger partial charge in [0, 0.05) is 24.2 Å². The number of anilines is 1. The van der Waals surface area contributed by atoms with Crippen molar-refractivity contribution < 1.29 is 23.9 Å². The van der Waals surface area contributed by atoms with Gasteiger partial charge in [-0.15, -0.1) is 0 Å². The maximum atomic E-state index is 13.1. The third-order valence-electron chi connectivity index (χ3n) is 5.63. The van der Waals surface area contributed by atoms with Gasteiger partial charge in [0.2, 0.25) is 5.91 Å². The van der Waals surface area contributed by atoms with Gasteiger partial charge in [-0.25, -0.2) is 0 Å². The molecule has 3 amide bonds. The topological polar surface area (TPSA) is 88.2 Å². The van der Waals surface area contributed by atoms with Crippen molar-refractivity contribution in [1.82, 2.24) is 10.2 Å². The van der Waals surface area contributed by atoms with Crippen LogP contribution in [-0.4, -0.2) is 66.6 Å². The van der Waals surface area contributed by atoms with Crippen molar-refractivity contribution in [3.63, 3.8) is 0 Å². The van der Waals surface area contributed by atoms with Crippen LogP contribution in [0.15, 0.2) is 18.2 Å². The minimum Gasteiger partial charge on any atom is -0.476 e. The lowest BCUT2D eigenvalue weighted by atomic mass is 10.00. The number of ether oxygens (including phenoxy) is 2. The van der Waals surface area contributed by atoms with Crippen molar-refractivity contribution in [2.75, 3.05) is 37.7 Å². The van der Waals surface area contributed by atoms with E-state index >= 15 is 0 Å². The highest BCUT2D eigenvalue weighted by atomic mass is 16.5. The van der Waals surface area contributed by atoms with Gasteiger partial charge < -0.3 is 19.7 Å². The van der Waals surface area contributed by atoms with E-state index in [0.29, 0.717) is 43.3 Å². The van der Waals surface area contributed by atoms with Crippen LogP contribution in [0.2, 0.25) is 0 Å². The van der Waals surface area contributed by atoms with Crippen LogP contribution in [0.3, 0.4) is 0 Å². The summed E-state index contributed by atoms with van der Waals surface area (Å²) in [5.74, 6) is -0.234. The fraction of sp³-hybridized carbons (Fsp3) is 0.591. The summed E-state index contributed by atoms with van der Waals surface area (Å²) in [5, 5.41) is 2.99. The standard InChI is InChI=1S/C22H31N3O5/c1-6-21(2,3)23-19(27)15-7-8-17-16(13-15)25(20(28)22(4,5)30-17)14-18(26)24-9-11-29-12-10-24/h7-8,13H,6,9-12,14H2,1-5H3,(H,23,27). The minimum atomic E-state index is -1.10. The van der Waals surface area contributed by atoms with Crippen molar-refractivity contribution >= 4 is 23.4 Å². The van der Waals surface area contributed by atoms with E-state index in [2.05, 4.69) is 5.32 Å². The average Bonchev–Trinajstić information content (AvgIpc) is 2.71. The smallest absolute Gasteiger partial charge is 0.271 e. The van der Waals surface area contributed by atoms with Gasteiger partial charge in [0.1, 0.15) is 12.3 Å². The number of benzene rings is 1.